The van der Waals surface area contributed by atoms with Gasteiger partial charge >= 0.3 is 5.97 Å². The van der Waals surface area contributed by atoms with E-state index in [2.05, 4.69) is 4.98 Å². The molecular weight excluding hydrogens is 254 g/mol. The fourth-order valence-electron chi connectivity index (χ4n) is 1.92. The number of hydrogen-bond acceptors (Lipinski definition) is 4. The maximum atomic E-state index is 11.9. The van der Waals surface area contributed by atoms with E-state index in [4.69, 9.17) is 9.47 Å². The van der Waals surface area contributed by atoms with Gasteiger partial charge in [0.1, 0.15) is 11.3 Å². The first kappa shape index (κ1) is 14.3. The number of para-hydroxylation sites is 1. The van der Waals surface area contributed by atoms with Crippen LogP contribution in [0.2, 0.25) is 0 Å². The first-order chi connectivity index (χ1) is 9.44. The summed E-state index contributed by atoms with van der Waals surface area (Å²) >= 11 is 0. The third-order valence-corrected chi connectivity index (χ3v) is 2.95. The summed E-state index contributed by atoms with van der Waals surface area (Å²) in [7, 11) is 0. The molecule has 2 rings (SSSR count). The standard InChI is InChI=1S/C16H19NO3/c1-5-19-15(18)16(3,4)20-13-8-6-7-12-10-9-11(2)17-14(12)13/h6-10H,5H2,1-4H3. The van der Waals surface area contributed by atoms with E-state index in [0.29, 0.717) is 12.4 Å². The Balaban J connectivity index is 2.38. The Labute approximate surface area is 118 Å². The molecule has 4 heteroatoms. The van der Waals surface area contributed by atoms with E-state index in [1.165, 1.54) is 0 Å². The summed E-state index contributed by atoms with van der Waals surface area (Å²) in [4.78, 5) is 16.4. The van der Waals surface area contributed by atoms with Crippen molar-refractivity contribution >= 4 is 16.9 Å². The molecule has 1 aromatic heterocycles. The Morgan fingerprint density at radius 2 is 2.00 bits per heavy atom. The largest absolute Gasteiger partial charge is 0.474 e. The zero-order valence-electron chi connectivity index (χ0n) is 12.3. The van der Waals surface area contributed by atoms with Crippen molar-refractivity contribution in [1.29, 1.82) is 0 Å². The van der Waals surface area contributed by atoms with Crippen LogP contribution in [-0.4, -0.2) is 23.2 Å². The number of aryl methyl sites for hydroxylation is 1. The highest BCUT2D eigenvalue weighted by Gasteiger charge is 2.32. The average Bonchev–Trinajstić information content (AvgIpc) is 2.39. The van der Waals surface area contributed by atoms with Crippen molar-refractivity contribution in [2.45, 2.75) is 33.3 Å². The zero-order valence-corrected chi connectivity index (χ0v) is 12.3. The summed E-state index contributed by atoms with van der Waals surface area (Å²) in [6.45, 7) is 7.42. The van der Waals surface area contributed by atoms with Crippen molar-refractivity contribution in [3.8, 4) is 5.75 Å². The highest BCUT2D eigenvalue weighted by Crippen LogP contribution is 2.27. The molecule has 0 atom stereocenters. The minimum atomic E-state index is -1.05. The fraction of sp³-hybridized carbons (Fsp3) is 0.375. The van der Waals surface area contributed by atoms with Crippen molar-refractivity contribution < 1.29 is 14.3 Å². The molecule has 106 valence electrons. The van der Waals surface area contributed by atoms with Gasteiger partial charge in [-0.05, 0) is 39.8 Å². The Kier molecular flexibility index (Phi) is 3.93. The predicted octanol–water partition coefficient (Wildman–Crippen LogP) is 3.26. The molecular formula is C16H19NO3. The lowest BCUT2D eigenvalue weighted by Crippen LogP contribution is -2.39. The molecule has 0 amide bonds. The number of rotatable bonds is 4. The second-order valence-electron chi connectivity index (χ2n) is 5.11. The molecule has 4 nitrogen and oxygen atoms in total. The third kappa shape index (κ3) is 2.90. The van der Waals surface area contributed by atoms with Crippen molar-refractivity contribution in [3.05, 3.63) is 36.0 Å². The van der Waals surface area contributed by atoms with E-state index in [1.807, 2.05) is 37.3 Å². The Morgan fingerprint density at radius 1 is 1.25 bits per heavy atom. The first-order valence-corrected chi connectivity index (χ1v) is 6.66. The summed E-state index contributed by atoms with van der Waals surface area (Å²) in [6, 6.07) is 9.60. The van der Waals surface area contributed by atoms with E-state index < -0.39 is 5.60 Å². The highest BCUT2D eigenvalue weighted by molar-refractivity contribution is 5.86. The minimum Gasteiger partial charge on any atom is -0.474 e. The summed E-state index contributed by atoms with van der Waals surface area (Å²) in [6.07, 6.45) is 0. The van der Waals surface area contributed by atoms with Gasteiger partial charge < -0.3 is 9.47 Å². The van der Waals surface area contributed by atoms with Crippen LogP contribution in [0.5, 0.6) is 5.75 Å². The number of hydrogen-bond donors (Lipinski definition) is 0. The molecule has 0 spiro atoms. The van der Waals surface area contributed by atoms with Crippen LogP contribution in [0.1, 0.15) is 26.5 Å². The topological polar surface area (TPSA) is 48.4 Å². The number of aromatic nitrogens is 1. The number of carbonyl (C=O) groups excluding carboxylic acids is 1. The van der Waals surface area contributed by atoms with Crippen LogP contribution in [0.4, 0.5) is 0 Å². The highest BCUT2D eigenvalue weighted by atomic mass is 16.6. The Bertz CT molecular complexity index is 635. The van der Waals surface area contributed by atoms with Gasteiger partial charge in [0, 0.05) is 11.1 Å². The zero-order chi connectivity index (χ0) is 14.8. The number of benzene rings is 1. The monoisotopic (exact) mass is 273 g/mol. The lowest BCUT2D eigenvalue weighted by Gasteiger charge is -2.24. The van der Waals surface area contributed by atoms with Gasteiger partial charge in [-0.1, -0.05) is 18.2 Å². The van der Waals surface area contributed by atoms with Crippen molar-refractivity contribution in [1.82, 2.24) is 4.98 Å². The van der Waals surface area contributed by atoms with Gasteiger partial charge in [0.2, 0.25) is 0 Å². The number of fused-ring (bicyclic) bond motifs is 1. The second-order valence-corrected chi connectivity index (χ2v) is 5.11. The Hall–Kier alpha value is -2.10. The van der Waals surface area contributed by atoms with Gasteiger partial charge in [0.05, 0.1) is 6.61 Å². The fourth-order valence-corrected chi connectivity index (χ4v) is 1.92. The van der Waals surface area contributed by atoms with Crippen molar-refractivity contribution in [3.63, 3.8) is 0 Å². The van der Waals surface area contributed by atoms with Crippen LogP contribution < -0.4 is 4.74 Å². The molecule has 0 unspecified atom stereocenters. The molecule has 1 heterocycles. The quantitative estimate of drug-likeness (QED) is 0.802. The first-order valence-electron chi connectivity index (χ1n) is 6.66. The van der Waals surface area contributed by atoms with E-state index in [9.17, 15) is 4.79 Å². The van der Waals surface area contributed by atoms with Gasteiger partial charge in [-0.2, -0.15) is 0 Å². The molecule has 1 aromatic carbocycles. The van der Waals surface area contributed by atoms with Crippen molar-refractivity contribution in [2.75, 3.05) is 6.61 Å². The number of pyridine rings is 1. The number of carbonyl (C=O) groups is 1. The molecule has 0 aliphatic heterocycles. The second kappa shape index (κ2) is 5.49. The molecule has 0 fully saturated rings. The molecule has 0 saturated carbocycles. The Morgan fingerprint density at radius 3 is 2.70 bits per heavy atom. The van der Waals surface area contributed by atoms with Crippen LogP contribution >= 0.6 is 0 Å². The maximum absolute atomic E-state index is 11.9. The van der Waals surface area contributed by atoms with Gasteiger partial charge in [-0.25, -0.2) is 9.78 Å². The van der Waals surface area contributed by atoms with Crippen LogP contribution in [0, 0.1) is 6.92 Å². The van der Waals surface area contributed by atoms with Crippen LogP contribution in [0.15, 0.2) is 30.3 Å². The SMILES string of the molecule is CCOC(=O)C(C)(C)Oc1cccc2ccc(C)nc12. The van der Waals surface area contributed by atoms with E-state index in [-0.39, 0.29) is 5.97 Å². The van der Waals surface area contributed by atoms with Crippen LogP contribution in [0.3, 0.4) is 0 Å². The number of esters is 1. The van der Waals surface area contributed by atoms with Gasteiger partial charge in [-0.3, -0.25) is 0 Å². The van der Waals surface area contributed by atoms with E-state index >= 15 is 0 Å². The summed E-state index contributed by atoms with van der Waals surface area (Å²) in [5, 5.41) is 0.979. The average molecular weight is 273 g/mol. The molecule has 0 radical (unpaired) electrons. The van der Waals surface area contributed by atoms with Gasteiger partial charge in [0.15, 0.2) is 5.60 Å². The third-order valence-electron chi connectivity index (χ3n) is 2.95. The summed E-state index contributed by atoms with van der Waals surface area (Å²) in [5.41, 5.74) is 0.614. The number of nitrogens with zero attached hydrogens (tertiary/aromatic N) is 1. The molecule has 0 N–H and O–H groups in total. The van der Waals surface area contributed by atoms with E-state index in [1.54, 1.807) is 20.8 Å². The maximum Gasteiger partial charge on any atom is 0.349 e. The van der Waals surface area contributed by atoms with Crippen LogP contribution in [0.25, 0.3) is 10.9 Å². The molecule has 20 heavy (non-hydrogen) atoms. The molecule has 0 aliphatic carbocycles. The molecule has 0 saturated heterocycles. The normalized spacial score (nSPS) is 11.4. The predicted molar refractivity (Wildman–Crippen MR) is 77.8 cm³/mol. The molecule has 2 aromatic rings. The lowest BCUT2D eigenvalue weighted by atomic mass is 10.1. The minimum absolute atomic E-state index is 0.332. The molecule has 0 aliphatic rings. The summed E-state index contributed by atoms with van der Waals surface area (Å²) in [5.74, 6) is 0.203. The number of ether oxygens (including phenoxy) is 2. The van der Waals surface area contributed by atoms with E-state index in [0.717, 1.165) is 16.6 Å². The van der Waals surface area contributed by atoms with Gasteiger partial charge in [-0.15, -0.1) is 0 Å². The lowest BCUT2D eigenvalue weighted by molar-refractivity contribution is -0.158. The smallest absolute Gasteiger partial charge is 0.349 e. The van der Waals surface area contributed by atoms with Crippen LogP contribution in [-0.2, 0) is 9.53 Å². The van der Waals surface area contributed by atoms with Gasteiger partial charge in [0.25, 0.3) is 0 Å². The molecule has 0 bridgehead atoms. The van der Waals surface area contributed by atoms with Crippen molar-refractivity contribution in [2.24, 2.45) is 0 Å². The summed E-state index contributed by atoms with van der Waals surface area (Å²) < 4.78 is 10.9.